The van der Waals surface area contributed by atoms with Crippen LogP contribution in [0.4, 0.5) is 5.82 Å². The van der Waals surface area contributed by atoms with Crippen LogP contribution >= 0.6 is 0 Å². The fourth-order valence-corrected chi connectivity index (χ4v) is 2.28. The third-order valence-corrected chi connectivity index (χ3v) is 3.27. The van der Waals surface area contributed by atoms with E-state index in [1.165, 1.54) is 5.56 Å². The number of hydrogen-bond donors (Lipinski definition) is 1. The number of hydrogen-bond acceptors (Lipinski definition) is 4. The van der Waals surface area contributed by atoms with Gasteiger partial charge in [-0.15, -0.1) is 0 Å². The van der Waals surface area contributed by atoms with Crippen molar-refractivity contribution in [2.45, 2.75) is 32.3 Å². The molecule has 1 aliphatic heterocycles. The van der Waals surface area contributed by atoms with E-state index in [1.54, 1.807) is 6.07 Å². The lowest BCUT2D eigenvalue weighted by Gasteiger charge is -2.33. The number of nitrogens with two attached hydrogens (primary N) is 1. The van der Waals surface area contributed by atoms with Crippen molar-refractivity contribution in [3.63, 3.8) is 0 Å². The molecule has 1 aliphatic rings. The number of ether oxygens (including phenoxy) is 1. The monoisotopic (exact) mass is 244 g/mol. The molecule has 0 radical (unpaired) electrons. The van der Waals surface area contributed by atoms with Crippen molar-refractivity contribution in [2.75, 3.05) is 5.73 Å². The summed E-state index contributed by atoms with van der Waals surface area (Å²) in [4.78, 5) is 0. The summed E-state index contributed by atoms with van der Waals surface area (Å²) >= 11 is 0. The lowest BCUT2D eigenvalue weighted by Crippen LogP contribution is -2.32. The molecule has 0 spiro atoms. The van der Waals surface area contributed by atoms with Crippen LogP contribution < -0.4 is 10.5 Å². The zero-order valence-electron chi connectivity index (χ0n) is 10.6. The number of fused-ring (bicyclic) bond motifs is 1. The summed E-state index contributed by atoms with van der Waals surface area (Å²) in [7, 11) is 0. The summed E-state index contributed by atoms with van der Waals surface area (Å²) in [6.07, 6.45) is 2.03. The van der Waals surface area contributed by atoms with Gasteiger partial charge in [0.25, 0.3) is 0 Å². The summed E-state index contributed by atoms with van der Waals surface area (Å²) in [5, 5.41) is 3.73. The van der Waals surface area contributed by atoms with E-state index in [-0.39, 0.29) is 5.60 Å². The standard InChI is InChI=1S/C14H16N2O2/c1-14(2)7-6-9-4-3-5-10(13(9)17-14)11-8-12(15)16-18-11/h3-5,8H,6-7H2,1-2H3,(H2,15,16). The molecule has 4 nitrogen and oxygen atoms in total. The number of rotatable bonds is 1. The number of anilines is 1. The minimum atomic E-state index is -0.144. The summed E-state index contributed by atoms with van der Waals surface area (Å²) < 4.78 is 11.3. The molecule has 0 saturated carbocycles. The maximum atomic E-state index is 6.09. The van der Waals surface area contributed by atoms with Gasteiger partial charge in [-0.25, -0.2) is 0 Å². The lowest BCUT2D eigenvalue weighted by atomic mass is 9.92. The van der Waals surface area contributed by atoms with Crippen LogP contribution in [0, 0.1) is 0 Å². The van der Waals surface area contributed by atoms with Crippen LogP contribution in [-0.4, -0.2) is 10.8 Å². The predicted octanol–water partition coefficient (Wildman–Crippen LogP) is 3.03. The van der Waals surface area contributed by atoms with Gasteiger partial charge in [-0.3, -0.25) is 0 Å². The Balaban J connectivity index is 2.12. The van der Waals surface area contributed by atoms with Gasteiger partial charge < -0.3 is 15.0 Å². The van der Waals surface area contributed by atoms with Crippen LogP contribution in [0.2, 0.25) is 0 Å². The second-order valence-corrected chi connectivity index (χ2v) is 5.27. The zero-order chi connectivity index (χ0) is 12.8. The molecular weight excluding hydrogens is 228 g/mol. The van der Waals surface area contributed by atoms with Crippen molar-refractivity contribution in [3.05, 3.63) is 29.8 Å². The number of benzene rings is 1. The first kappa shape index (κ1) is 11.1. The molecule has 0 fully saturated rings. The van der Waals surface area contributed by atoms with Crippen molar-refractivity contribution in [1.82, 2.24) is 5.16 Å². The average molecular weight is 244 g/mol. The number of nitrogens with zero attached hydrogens (tertiary/aromatic N) is 1. The van der Waals surface area contributed by atoms with Crippen molar-refractivity contribution in [1.29, 1.82) is 0 Å². The molecule has 4 heteroatoms. The Morgan fingerprint density at radius 3 is 2.89 bits per heavy atom. The van der Waals surface area contributed by atoms with E-state index >= 15 is 0 Å². The van der Waals surface area contributed by atoms with Crippen molar-refractivity contribution >= 4 is 5.82 Å². The second-order valence-electron chi connectivity index (χ2n) is 5.27. The van der Waals surface area contributed by atoms with Crippen molar-refractivity contribution < 1.29 is 9.26 Å². The predicted molar refractivity (Wildman–Crippen MR) is 69.4 cm³/mol. The maximum absolute atomic E-state index is 6.09. The van der Waals surface area contributed by atoms with Crippen LogP contribution in [0.3, 0.4) is 0 Å². The Labute approximate surface area is 106 Å². The largest absolute Gasteiger partial charge is 0.487 e. The van der Waals surface area contributed by atoms with Gasteiger partial charge in [0.2, 0.25) is 0 Å². The minimum absolute atomic E-state index is 0.144. The van der Waals surface area contributed by atoms with E-state index in [0.717, 1.165) is 24.2 Å². The first-order chi connectivity index (χ1) is 8.55. The summed E-state index contributed by atoms with van der Waals surface area (Å²) in [5.41, 5.74) is 7.59. The molecule has 1 aromatic heterocycles. The molecule has 94 valence electrons. The maximum Gasteiger partial charge on any atom is 0.172 e. The topological polar surface area (TPSA) is 61.3 Å². The molecule has 2 N–H and O–H groups in total. The number of aromatic nitrogens is 1. The molecule has 1 aromatic carbocycles. The second kappa shape index (κ2) is 3.77. The highest BCUT2D eigenvalue weighted by Gasteiger charge is 2.29. The Hall–Kier alpha value is -1.97. The van der Waals surface area contributed by atoms with Gasteiger partial charge >= 0.3 is 0 Å². The third kappa shape index (κ3) is 1.83. The van der Waals surface area contributed by atoms with Crippen LogP contribution in [0.1, 0.15) is 25.8 Å². The van der Waals surface area contributed by atoms with Crippen molar-refractivity contribution in [2.24, 2.45) is 0 Å². The zero-order valence-corrected chi connectivity index (χ0v) is 10.6. The molecule has 0 unspecified atom stereocenters. The Morgan fingerprint density at radius 2 is 2.17 bits per heavy atom. The first-order valence-corrected chi connectivity index (χ1v) is 6.09. The smallest absolute Gasteiger partial charge is 0.172 e. The van der Waals surface area contributed by atoms with Crippen molar-refractivity contribution in [3.8, 4) is 17.1 Å². The van der Waals surface area contributed by atoms with Gasteiger partial charge in [-0.2, -0.15) is 0 Å². The van der Waals surface area contributed by atoms with E-state index in [2.05, 4.69) is 25.1 Å². The summed E-state index contributed by atoms with van der Waals surface area (Å²) in [6, 6.07) is 7.79. The molecule has 0 saturated heterocycles. The van der Waals surface area contributed by atoms with Crippen LogP contribution in [0.25, 0.3) is 11.3 Å². The molecule has 0 amide bonds. The van der Waals surface area contributed by atoms with E-state index in [4.69, 9.17) is 15.0 Å². The molecule has 0 aliphatic carbocycles. The van der Waals surface area contributed by atoms with Gasteiger partial charge in [0.15, 0.2) is 11.6 Å². The van der Waals surface area contributed by atoms with Crippen LogP contribution in [0.5, 0.6) is 5.75 Å². The van der Waals surface area contributed by atoms with Crippen LogP contribution in [0.15, 0.2) is 28.8 Å². The number of aryl methyl sites for hydroxylation is 1. The highest BCUT2D eigenvalue weighted by molar-refractivity contribution is 5.70. The average Bonchev–Trinajstić information content (AvgIpc) is 2.74. The molecule has 0 bridgehead atoms. The van der Waals surface area contributed by atoms with E-state index < -0.39 is 0 Å². The SMILES string of the molecule is CC1(C)CCc2cccc(-c3cc(N)no3)c2O1. The van der Waals surface area contributed by atoms with Gasteiger partial charge in [-0.05, 0) is 38.3 Å². The fraction of sp³-hybridized carbons (Fsp3) is 0.357. The molecule has 2 heterocycles. The highest BCUT2D eigenvalue weighted by atomic mass is 16.5. The Morgan fingerprint density at radius 1 is 1.33 bits per heavy atom. The summed E-state index contributed by atoms with van der Waals surface area (Å²) in [5.74, 6) is 1.93. The quantitative estimate of drug-likeness (QED) is 0.837. The van der Waals surface area contributed by atoms with Gasteiger partial charge in [0.05, 0.1) is 5.56 Å². The molecule has 3 rings (SSSR count). The van der Waals surface area contributed by atoms with E-state index in [9.17, 15) is 0 Å². The first-order valence-electron chi connectivity index (χ1n) is 6.09. The number of para-hydroxylation sites is 1. The summed E-state index contributed by atoms with van der Waals surface area (Å²) in [6.45, 7) is 4.20. The fourth-order valence-electron chi connectivity index (χ4n) is 2.28. The normalized spacial score (nSPS) is 17.0. The third-order valence-electron chi connectivity index (χ3n) is 3.27. The van der Waals surface area contributed by atoms with Crippen LogP contribution in [-0.2, 0) is 6.42 Å². The van der Waals surface area contributed by atoms with E-state index in [0.29, 0.717) is 11.6 Å². The Bertz CT molecular complexity index is 587. The minimum Gasteiger partial charge on any atom is -0.487 e. The van der Waals surface area contributed by atoms with Gasteiger partial charge in [-0.1, -0.05) is 17.3 Å². The number of nitrogen functional groups attached to an aromatic ring is 1. The molecule has 0 atom stereocenters. The van der Waals surface area contributed by atoms with Gasteiger partial charge in [0, 0.05) is 6.07 Å². The molecule has 18 heavy (non-hydrogen) atoms. The molecular formula is C14H16N2O2. The van der Waals surface area contributed by atoms with Gasteiger partial charge in [0.1, 0.15) is 11.4 Å². The highest BCUT2D eigenvalue weighted by Crippen LogP contribution is 2.40. The van der Waals surface area contributed by atoms with E-state index in [1.807, 2.05) is 12.1 Å². The molecule has 2 aromatic rings. The lowest BCUT2D eigenvalue weighted by molar-refractivity contribution is 0.0852. The Kier molecular flexibility index (Phi) is 2.33.